The number of methoxy groups -OCH3 is 8. The number of rotatable bonds is 15. The number of allylic oxidation sites excluding steroid dienone is 3. The molecule has 0 saturated carbocycles. The largest absolute Gasteiger partial charge is 0.500 e. The Balaban J connectivity index is 1.67. The van der Waals surface area contributed by atoms with Gasteiger partial charge in [-0.25, -0.2) is 0 Å². The summed E-state index contributed by atoms with van der Waals surface area (Å²) < 4.78 is 47.0. The summed E-state index contributed by atoms with van der Waals surface area (Å²) in [6.45, 7) is 0. The lowest BCUT2D eigenvalue weighted by atomic mass is 9.88. The van der Waals surface area contributed by atoms with Crippen LogP contribution in [0.5, 0.6) is 34.5 Å². The second-order valence-corrected chi connectivity index (χ2v) is 16.8. The molecule has 0 heterocycles. The van der Waals surface area contributed by atoms with Crippen molar-refractivity contribution in [3.8, 4) is 34.5 Å². The van der Waals surface area contributed by atoms with Crippen LogP contribution in [0.3, 0.4) is 0 Å². The zero-order chi connectivity index (χ0) is 38.2. The summed E-state index contributed by atoms with van der Waals surface area (Å²) in [6, 6.07) is 37.4. The smallest absolute Gasteiger partial charge is 0.127 e. The van der Waals surface area contributed by atoms with Gasteiger partial charge in [0.05, 0.1) is 62.8 Å². The molecule has 1 aliphatic rings. The molecule has 0 N–H and O–H groups in total. The third kappa shape index (κ3) is 8.01. The average molecular weight is 765 g/mol. The van der Waals surface area contributed by atoms with Crippen LogP contribution in [0.4, 0.5) is 0 Å². The SMILES string of the molecule is COC1=CC(P(c2ccc(OC)cc2)c2ccc(OC)cc2)[C@@H](c2c(OC)cc(OC)cc2P(c2ccc(OC)cc2)c2ccc(OC)cc2)C(OC)=C1. The van der Waals surface area contributed by atoms with Crippen molar-refractivity contribution in [2.24, 2.45) is 0 Å². The molecule has 1 unspecified atom stereocenters. The van der Waals surface area contributed by atoms with E-state index in [0.29, 0.717) is 11.5 Å². The van der Waals surface area contributed by atoms with Crippen LogP contribution in [-0.2, 0) is 9.47 Å². The maximum atomic E-state index is 6.38. The Hall–Kier alpha value is -5.16. The van der Waals surface area contributed by atoms with Crippen molar-refractivity contribution in [3.05, 3.63) is 138 Å². The Labute approximate surface area is 320 Å². The molecule has 1 aliphatic carbocycles. The van der Waals surface area contributed by atoms with Gasteiger partial charge in [-0.15, -0.1) is 0 Å². The summed E-state index contributed by atoms with van der Waals surface area (Å²) in [5, 5.41) is 5.66. The zero-order valence-corrected chi connectivity index (χ0v) is 33.7. The Bertz CT molecular complexity index is 1970. The first-order chi connectivity index (χ1) is 26.4. The van der Waals surface area contributed by atoms with Gasteiger partial charge in [-0.3, -0.25) is 0 Å². The first-order valence-corrected chi connectivity index (χ1v) is 20.1. The van der Waals surface area contributed by atoms with Gasteiger partial charge in [-0.2, -0.15) is 0 Å². The lowest BCUT2D eigenvalue weighted by Crippen LogP contribution is -2.34. The maximum Gasteiger partial charge on any atom is 0.127 e. The van der Waals surface area contributed by atoms with Crippen LogP contribution in [0, 0.1) is 0 Å². The van der Waals surface area contributed by atoms with Gasteiger partial charge in [0.1, 0.15) is 46.0 Å². The molecule has 0 aliphatic heterocycles. The van der Waals surface area contributed by atoms with Gasteiger partial charge < -0.3 is 37.9 Å². The molecule has 0 spiro atoms. The van der Waals surface area contributed by atoms with Gasteiger partial charge in [0, 0.05) is 23.4 Å². The minimum atomic E-state index is -1.20. The number of hydrogen-bond acceptors (Lipinski definition) is 8. The van der Waals surface area contributed by atoms with E-state index in [4.69, 9.17) is 37.9 Å². The summed E-state index contributed by atoms with van der Waals surface area (Å²) in [4.78, 5) is 0. The molecule has 0 saturated heterocycles. The summed E-state index contributed by atoms with van der Waals surface area (Å²) in [5.74, 6) is 5.72. The van der Waals surface area contributed by atoms with Crippen molar-refractivity contribution >= 4 is 42.4 Å². The summed E-state index contributed by atoms with van der Waals surface area (Å²) in [6.07, 6.45) is 4.23. The Morgan fingerprint density at radius 3 is 1.22 bits per heavy atom. The van der Waals surface area contributed by atoms with E-state index in [9.17, 15) is 0 Å². The van der Waals surface area contributed by atoms with Crippen LogP contribution in [0.25, 0.3) is 0 Å². The molecule has 0 aromatic heterocycles. The molecule has 8 nitrogen and oxygen atoms in total. The number of benzene rings is 5. The van der Waals surface area contributed by atoms with Crippen LogP contribution < -0.4 is 54.9 Å². The van der Waals surface area contributed by atoms with E-state index in [2.05, 4.69) is 60.7 Å². The van der Waals surface area contributed by atoms with E-state index < -0.39 is 15.8 Å². The Morgan fingerprint density at radius 1 is 0.426 bits per heavy atom. The van der Waals surface area contributed by atoms with Crippen LogP contribution in [0.2, 0.25) is 0 Å². The Kier molecular flexibility index (Phi) is 12.7. The second-order valence-electron chi connectivity index (χ2n) is 12.3. The van der Waals surface area contributed by atoms with E-state index in [1.807, 2.05) is 60.7 Å². The Morgan fingerprint density at radius 2 is 0.852 bits per heavy atom. The monoisotopic (exact) mass is 764 g/mol. The van der Waals surface area contributed by atoms with Crippen molar-refractivity contribution in [2.75, 3.05) is 56.9 Å². The highest BCUT2D eigenvalue weighted by Gasteiger charge is 2.41. The van der Waals surface area contributed by atoms with Crippen LogP contribution in [0.1, 0.15) is 11.5 Å². The number of ether oxygens (including phenoxy) is 8. The topological polar surface area (TPSA) is 73.8 Å². The average Bonchev–Trinajstić information content (AvgIpc) is 3.24. The van der Waals surface area contributed by atoms with E-state index in [0.717, 1.165) is 66.6 Å². The minimum absolute atomic E-state index is 0.152. The molecule has 0 fully saturated rings. The van der Waals surface area contributed by atoms with Gasteiger partial charge >= 0.3 is 0 Å². The third-order valence-electron chi connectivity index (χ3n) is 9.50. The standard InChI is InChI=1S/C44H46O8P2/c1-45-29-9-17-35(18-10-29)53(36-19-11-30(46-2)12-20-36)41-27-33(49-5)25-39(51-7)43(41)44-40(52-8)26-34(50-6)28-42(44)54(37-21-13-31(47-3)14-22-37)38-23-15-32(48-4)16-24-38/h9-28,41,43H,1-8H3/t41?,43-/m0/s1. The van der Waals surface area contributed by atoms with Crippen LogP contribution in [-0.4, -0.2) is 62.5 Å². The quantitative estimate of drug-likeness (QED) is 0.104. The first kappa shape index (κ1) is 38.6. The molecule has 10 heteroatoms. The lowest BCUT2D eigenvalue weighted by Gasteiger charge is -2.38. The van der Waals surface area contributed by atoms with E-state index in [-0.39, 0.29) is 11.6 Å². The molecule has 0 bridgehead atoms. The first-order valence-electron chi connectivity index (χ1n) is 17.3. The van der Waals surface area contributed by atoms with Crippen molar-refractivity contribution in [2.45, 2.75) is 11.6 Å². The van der Waals surface area contributed by atoms with Crippen molar-refractivity contribution in [1.82, 2.24) is 0 Å². The summed E-state index contributed by atoms with van der Waals surface area (Å²) >= 11 is 0. The van der Waals surface area contributed by atoms with Gasteiger partial charge in [-0.1, -0.05) is 48.5 Å². The fourth-order valence-corrected chi connectivity index (χ4v) is 12.1. The van der Waals surface area contributed by atoms with Gasteiger partial charge in [-0.05, 0) is 103 Å². The van der Waals surface area contributed by atoms with Gasteiger partial charge in [0.15, 0.2) is 0 Å². The summed E-state index contributed by atoms with van der Waals surface area (Å²) in [5.41, 5.74) is 0.858. The molecule has 5 aromatic carbocycles. The molecule has 2 atom stereocenters. The molecular formula is C44H46O8P2. The van der Waals surface area contributed by atoms with Crippen molar-refractivity contribution in [1.29, 1.82) is 0 Å². The lowest BCUT2D eigenvalue weighted by molar-refractivity contribution is 0.246. The van der Waals surface area contributed by atoms with Crippen LogP contribution in [0.15, 0.2) is 133 Å². The van der Waals surface area contributed by atoms with Gasteiger partial charge in [0.2, 0.25) is 0 Å². The highest BCUT2D eigenvalue weighted by molar-refractivity contribution is 7.80. The zero-order valence-electron chi connectivity index (χ0n) is 31.9. The van der Waals surface area contributed by atoms with E-state index in [1.165, 1.54) is 0 Å². The maximum absolute atomic E-state index is 6.38. The molecule has 54 heavy (non-hydrogen) atoms. The summed E-state index contributed by atoms with van der Waals surface area (Å²) in [7, 11) is 11.2. The van der Waals surface area contributed by atoms with Gasteiger partial charge in [0.25, 0.3) is 0 Å². The minimum Gasteiger partial charge on any atom is -0.500 e. The normalized spacial score (nSPS) is 15.2. The third-order valence-corrected chi connectivity index (χ3v) is 14.7. The fraction of sp³-hybridized carbons (Fsp3) is 0.227. The molecule has 0 amide bonds. The van der Waals surface area contributed by atoms with Crippen molar-refractivity contribution < 1.29 is 37.9 Å². The predicted octanol–water partition coefficient (Wildman–Crippen LogP) is 7.16. The predicted molar refractivity (Wildman–Crippen MR) is 220 cm³/mol. The fourth-order valence-electron chi connectivity index (χ4n) is 6.80. The highest BCUT2D eigenvalue weighted by Crippen LogP contribution is 2.55. The van der Waals surface area contributed by atoms with E-state index in [1.54, 1.807) is 56.9 Å². The number of hydrogen-bond donors (Lipinski definition) is 0. The molecule has 280 valence electrons. The molecule has 0 radical (unpaired) electrons. The molecular weight excluding hydrogens is 718 g/mol. The molecule has 5 aromatic rings. The highest BCUT2D eigenvalue weighted by atomic mass is 31.1. The molecule has 6 rings (SSSR count). The van der Waals surface area contributed by atoms with Crippen molar-refractivity contribution in [3.63, 3.8) is 0 Å². The van der Waals surface area contributed by atoms with Crippen LogP contribution >= 0.6 is 15.8 Å². The van der Waals surface area contributed by atoms with E-state index >= 15 is 0 Å². The second kappa shape index (κ2) is 17.8.